The van der Waals surface area contributed by atoms with Gasteiger partial charge in [-0.05, 0) is 42.3 Å². The van der Waals surface area contributed by atoms with Crippen molar-refractivity contribution in [2.75, 3.05) is 11.9 Å². The zero-order chi connectivity index (χ0) is 17.4. The molecule has 0 radical (unpaired) electrons. The molecular formula is C18H15BrFN3O. The van der Waals surface area contributed by atoms with Crippen molar-refractivity contribution in [2.45, 2.75) is 6.42 Å². The highest BCUT2D eigenvalue weighted by molar-refractivity contribution is 9.10. The number of anilines is 1. The lowest BCUT2D eigenvalue weighted by Gasteiger charge is -2.06. The first kappa shape index (κ1) is 17.7. The van der Waals surface area contributed by atoms with Crippen LogP contribution in [0.5, 0.6) is 0 Å². The summed E-state index contributed by atoms with van der Waals surface area (Å²) in [5.41, 5.74) is 1.12. The SMILES string of the molecule is N#C/C(=C/NCCc1ccccc1F)C(=O)Nc1ccc(Br)cc1. The van der Waals surface area contributed by atoms with Gasteiger partial charge >= 0.3 is 0 Å². The largest absolute Gasteiger partial charge is 0.389 e. The van der Waals surface area contributed by atoms with Crippen LogP contribution in [0, 0.1) is 17.1 Å². The lowest BCUT2D eigenvalue weighted by Crippen LogP contribution is -2.18. The number of benzene rings is 2. The third-order valence-corrected chi connectivity index (χ3v) is 3.74. The number of carbonyl (C=O) groups excluding carboxylic acids is 1. The zero-order valence-corrected chi connectivity index (χ0v) is 14.3. The second kappa shape index (κ2) is 8.85. The highest BCUT2D eigenvalue weighted by atomic mass is 79.9. The second-order valence-corrected chi connectivity index (χ2v) is 5.84. The van der Waals surface area contributed by atoms with Crippen LogP contribution < -0.4 is 10.6 Å². The summed E-state index contributed by atoms with van der Waals surface area (Å²) in [5, 5.41) is 14.6. The first-order chi connectivity index (χ1) is 11.6. The Balaban J connectivity index is 1.89. The van der Waals surface area contributed by atoms with Gasteiger partial charge in [0.15, 0.2) is 0 Å². The van der Waals surface area contributed by atoms with Crippen molar-refractivity contribution in [2.24, 2.45) is 0 Å². The number of rotatable bonds is 6. The van der Waals surface area contributed by atoms with E-state index >= 15 is 0 Å². The molecule has 0 spiro atoms. The van der Waals surface area contributed by atoms with Gasteiger partial charge in [-0.25, -0.2) is 4.39 Å². The first-order valence-corrected chi connectivity index (χ1v) is 8.03. The summed E-state index contributed by atoms with van der Waals surface area (Å²) in [6.07, 6.45) is 1.80. The van der Waals surface area contributed by atoms with Crippen molar-refractivity contribution in [1.29, 1.82) is 5.26 Å². The van der Waals surface area contributed by atoms with Crippen LogP contribution in [-0.2, 0) is 11.2 Å². The number of hydrogen-bond donors (Lipinski definition) is 2. The number of nitrogens with zero attached hydrogens (tertiary/aromatic N) is 1. The quantitative estimate of drug-likeness (QED) is 0.450. The second-order valence-electron chi connectivity index (χ2n) is 4.93. The molecule has 0 aliphatic heterocycles. The van der Waals surface area contributed by atoms with E-state index in [0.29, 0.717) is 24.2 Å². The molecule has 2 aromatic carbocycles. The van der Waals surface area contributed by atoms with Crippen molar-refractivity contribution >= 4 is 27.5 Å². The molecule has 0 aliphatic rings. The van der Waals surface area contributed by atoms with E-state index in [4.69, 9.17) is 5.26 Å². The minimum absolute atomic E-state index is 0.0496. The third kappa shape index (κ3) is 5.21. The van der Waals surface area contributed by atoms with Crippen molar-refractivity contribution in [3.63, 3.8) is 0 Å². The van der Waals surface area contributed by atoms with Gasteiger partial charge in [0.2, 0.25) is 0 Å². The highest BCUT2D eigenvalue weighted by Crippen LogP contribution is 2.14. The average molecular weight is 388 g/mol. The maximum atomic E-state index is 13.5. The van der Waals surface area contributed by atoms with Crippen LogP contribution in [-0.4, -0.2) is 12.5 Å². The molecule has 0 saturated carbocycles. The number of nitrogens with one attached hydrogen (secondary N) is 2. The smallest absolute Gasteiger partial charge is 0.267 e. The summed E-state index contributed by atoms with van der Waals surface area (Å²) in [4.78, 5) is 12.0. The van der Waals surface area contributed by atoms with Crippen molar-refractivity contribution in [3.8, 4) is 6.07 Å². The maximum absolute atomic E-state index is 13.5. The van der Waals surface area contributed by atoms with Crippen molar-refractivity contribution < 1.29 is 9.18 Å². The lowest BCUT2D eigenvalue weighted by atomic mass is 10.1. The van der Waals surface area contributed by atoms with E-state index < -0.39 is 5.91 Å². The topological polar surface area (TPSA) is 64.9 Å². The Morgan fingerprint density at radius 3 is 2.58 bits per heavy atom. The molecule has 0 atom stereocenters. The predicted molar refractivity (Wildman–Crippen MR) is 94.6 cm³/mol. The predicted octanol–water partition coefficient (Wildman–Crippen LogP) is 3.77. The van der Waals surface area contributed by atoms with Gasteiger partial charge in [0.05, 0.1) is 0 Å². The van der Waals surface area contributed by atoms with Gasteiger partial charge in [-0.3, -0.25) is 4.79 Å². The number of halogens is 2. The van der Waals surface area contributed by atoms with Crippen LogP contribution in [0.25, 0.3) is 0 Å². The van der Waals surface area contributed by atoms with Gasteiger partial charge in [0, 0.05) is 22.9 Å². The van der Waals surface area contributed by atoms with Crippen molar-refractivity contribution in [1.82, 2.24) is 5.32 Å². The van der Waals surface area contributed by atoms with E-state index in [1.807, 2.05) is 6.07 Å². The Morgan fingerprint density at radius 2 is 1.92 bits per heavy atom. The van der Waals surface area contributed by atoms with Crippen LogP contribution in [0.2, 0.25) is 0 Å². The number of amides is 1. The first-order valence-electron chi connectivity index (χ1n) is 7.24. The van der Waals surface area contributed by atoms with E-state index in [0.717, 1.165) is 4.47 Å². The van der Waals surface area contributed by atoms with Crippen LogP contribution in [0.1, 0.15) is 5.56 Å². The van der Waals surface area contributed by atoms with E-state index in [9.17, 15) is 9.18 Å². The fourth-order valence-corrected chi connectivity index (χ4v) is 2.23. The summed E-state index contributed by atoms with van der Waals surface area (Å²) < 4.78 is 14.4. The summed E-state index contributed by atoms with van der Waals surface area (Å²) >= 11 is 3.31. The molecule has 0 heterocycles. The standard InChI is InChI=1S/C18H15BrFN3O/c19-15-5-7-16(8-6-15)23-18(24)14(11-21)12-22-10-9-13-3-1-2-4-17(13)20/h1-8,12,22H,9-10H2,(H,23,24)/b14-12-. The molecule has 4 nitrogen and oxygen atoms in total. The minimum atomic E-state index is -0.502. The van der Waals surface area contributed by atoms with Crippen LogP contribution in [0.4, 0.5) is 10.1 Å². The van der Waals surface area contributed by atoms with Gasteiger partial charge in [-0.15, -0.1) is 0 Å². The number of carbonyl (C=O) groups is 1. The van der Waals surface area contributed by atoms with E-state index in [-0.39, 0.29) is 11.4 Å². The molecular weight excluding hydrogens is 373 g/mol. The Bertz CT molecular complexity index is 782. The molecule has 0 saturated heterocycles. The number of hydrogen-bond acceptors (Lipinski definition) is 3. The monoisotopic (exact) mass is 387 g/mol. The Labute approximate surface area is 148 Å². The Kier molecular flexibility index (Phi) is 6.52. The fourth-order valence-electron chi connectivity index (χ4n) is 1.96. The molecule has 0 aromatic heterocycles. The number of nitriles is 1. The molecule has 2 rings (SSSR count). The molecule has 0 aliphatic carbocycles. The summed E-state index contributed by atoms with van der Waals surface area (Å²) in [7, 11) is 0. The normalized spacial score (nSPS) is 10.8. The molecule has 6 heteroatoms. The van der Waals surface area contributed by atoms with E-state index in [1.165, 1.54) is 12.3 Å². The molecule has 24 heavy (non-hydrogen) atoms. The van der Waals surface area contributed by atoms with E-state index in [1.54, 1.807) is 42.5 Å². The summed E-state index contributed by atoms with van der Waals surface area (Å²) in [5.74, 6) is -0.769. The average Bonchev–Trinajstić information content (AvgIpc) is 2.58. The zero-order valence-electron chi connectivity index (χ0n) is 12.7. The molecule has 0 fully saturated rings. The lowest BCUT2D eigenvalue weighted by molar-refractivity contribution is -0.112. The van der Waals surface area contributed by atoms with E-state index in [2.05, 4.69) is 26.6 Å². The molecule has 2 aromatic rings. The Hall–Kier alpha value is -2.65. The maximum Gasteiger partial charge on any atom is 0.267 e. The summed E-state index contributed by atoms with van der Waals surface area (Å²) in [6, 6.07) is 15.4. The highest BCUT2D eigenvalue weighted by Gasteiger charge is 2.09. The summed E-state index contributed by atoms with van der Waals surface area (Å²) in [6.45, 7) is 0.414. The minimum Gasteiger partial charge on any atom is -0.389 e. The molecule has 122 valence electrons. The van der Waals surface area contributed by atoms with Crippen LogP contribution in [0.3, 0.4) is 0 Å². The van der Waals surface area contributed by atoms with Crippen LogP contribution in [0.15, 0.2) is 64.8 Å². The van der Waals surface area contributed by atoms with Crippen molar-refractivity contribution in [3.05, 3.63) is 76.2 Å². The Morgan fingerprint density at radius 1 is 1.21 bits per heavy atom. The van der Waals surface area contributed by atoms with Gasteiger partial charge in [0.25, 0.3) is 5.91 Å². The van der Waals surface area contributed by atoms with Gasteiger partial charge in [-0.2, -0.15) is 5.26 Å². The molecule has 0 unspecified atom stereocenters. The van der Waals surface area contributed by atoms with Gasteiger partial charge in [0.1, 0.15) is 17.5 Å². The fraction of sp³-hybridized carbons (Fsp3) is 0.111. The molecule has 2 N–H and O–H groups in total. The molecule has 1 amide bonds. The van der Waals surface area contributed by atoms with Gasteiger partial charge < -0.3 is 10.6 Å². The molecule has 0 bridgehead atoms. The van der Waals surface area contributed by atoms with Crippen LogP contribution >= 0.6 is 15.9 Å². The van der Waals surface area contributed by atoms with Gasteiger partial charge in [-0.1, -0.05) is 34.1 Å². The third-order valence-electron chi connectivity index (χ3n) is 3.21.